The van der Waals surface area contributed by atoms with Crippen LogP contribution < -0.4 is 10.1 Å². The average molecular weight is 242 g/mol. The predicted molar refractivity (Wildman–Crippen MR) is 66.7 cm³/mol. The summed E-state index contributed by atoms with van der Waals surface area (Å²) in [6, 6.07) is 9.63. The van der Waals surface area contributed by atoms with E-state index in [9.17, 15) is 0 Å². The Morgan fingerprint density at radius 3 is 2.67 bits per heavy atom. The Hall–Kier alpha value is -2.32. The summed E-state index contributed by atoms with van der Waals surface area (Å²) in [6.07, 6.45) is 3.66. The lowest BCUT2D eigenvalue weighted by atomic mass is 10.2. The summed E-state index contributed by atoms with van der Waals surface area (Å²) in [5.41, 5.74) is 2.30. The second kappa shape index (κ2) is 6.42. The first-order chi connectivity index (χ1) is 8.88. The van der Waals surface area contributed by atoms with E-state index in [1.165, 1.54) is 5.56 Å². The molecule has 0 atom stereocenters. The number of rotatable bonds is 6. The summed E-state index contributed by atoms with van der Waals surface area (Å²) in [6.45, 7) is 1.64. The molecule has 0 amide bonds. The highest BCUT2D eigenvalue weighted by Gasteiger charge is 1.97. The fraction of sp³-hybridized carbons (Fsp3) is 0.231. The highest BCUT2D eigenvalue weighted by atomic mass is 16.5. The van der Waals surface area contributed by atoms with Gasteiger partial charge in [0.25, 0.3) is 0 Å². The fourth-order valence-electron chi connectivity index (χ4n) is 1.54. The van der Waals surface area contributed by atoms with Crippen molar-refractivity contribution in [2.45, 2.75) is 13.1 Å². The van der Waals surface area contributed by atoms with E-state index in [-0.39, 0.29) is 6.61 Å². The van der Waals surface area contributed by atoms with Crippen LogP contribution in [-0.2, 0) is 13.1 Å². The Morgan fingerprint density at radius 2 is 2.00 bits per heavy atom. The molecule has 0 fully saturated rings. The van der Waals surface area contributed by atoms with Gasteiger partial charge < -0.3 is 10.1 Å². The molecule has 5 heteroatoms. The van der Waals surface area contributed by atoms with Gasteiger partial charge in [0.1, 0.15) is 11.8 Å². The molecule has 0 aliphatic heterocycles. The molecule has 0 saturated carbocycles. The van der Waals surface area contributed by atoms with E-state index in [4.69, 9.17) is 10.00 Å². The largest absolute Gasteiger partial charge is 0.479 e. The van der Waals surface area contributed by atoms with Crippen molar-refractivity contribution in [1.29, 1.82) is 5.26 Å². The van der Waals surface area contributed by atoms with Crippen molar-refractivity contribution in [2.24, 2.45) is 0 Å². The second-order valence-electron chi connectivity index (χ2n) is 3.80. The summed E-state index contributed by atoms with van der Waals surface area (Å²) >= 11 is 0. The van der Waals surface area contributed by atoms with Crippen molar-refractivity contribution >= 4 is 0 Å². The molecule has 92 valence electrons. The average Bonchev–Trinajstić information content (AvgIpc) is 2.91. The Morgan fingerprint density at radius 1 is 1.22 bits per heavy atom. The number of nitrogens with zero attached hydrogens (tertiary/aromatic N) is 2. The smallest absolute Gasteiger partial charge is 0.174 e. The first-order valence-corrected chi connectivity index (χ1v) is 5.65. The highest BCUT2D eigenvalue weighted by molar-refractivity contribution is 5.27. The zero-order valence-electron chi connectivity index (χ0n) is 9.89. The molecule has 0 radical (unpaired) electrons. The van der Waals surface area contributed by atoms with Crippen molar-refractivity contribution in [1.82, 2.24) is 15.5 Å². The van der Waals surface area contributed by atoms with Gasteiger partial charge in [-0.1, -0.05) is 12.1 Å². The Kier molecular flexibility index (Phi) is 4.33. The minimum absolute atomic E-state index is 0.0814. The quantitative estimate of drug-likeness (QED) is 0.807. The van der Waals surface area contributed by atoms with Gasteiger partial charge in [-0.25, -0.2) is 0 Å². The van der Waals surface area contributed by atoms with E-state index in [1.54, 1.807) is 6.20 Å². The van der Waals surface area contributed by atoms with Gasteiger partial charge >= 0.3 is 0 Å². The monoisotopic (exact) mass is 242 g/mol. The standard InChI is InChI=1S/C13H14N4O/c14-5-6-18-13-3-1-11(2-4-13)7-15-8-12-9-16-17-10-12/h1-4,9-10,15H,6-8H2,(H,16,17). The molecule has 0 spiro atoms. The summed E-state index contributed by atoms with van der Waals surface area (Å²) < 4.78 is 5.18. The molecule has 0 saturated heterocycles. The third-order valence-electron chi connectivity index (χ3n) is 2.44. The Balaban J connectivity index is 1.78. The number of hydrogen-bond donors (Lipinski definition) is 2. The van der Waals surface area contributed by atoms with Gasteiger partial charge in [0.05, 0.1) is 6.20 Å². The van der Waals surface area contributed by atoms with Gasteiger partial charge in [-0.05, 0) is 17.7 Å². The second-order valence-corrected chi connectivity index (χ2v) is 3.80. The van der Waals surface area contributed by atoms with E-state index in [1.807, 2.05) is 36.5 Å². The molecular weight excluding hydrogens is 228 g/mol. The third-order valence-corrected chi connectivity index (χ3v) is 2.44. The maximum Gasteiger partial charge on any atom is 0.174 e. The molecule has 2 N–H and O–H groups in total. The molecule has 5 nitrogen and oxygen atoms in total. The van der Waals surface area contributed by atoms with E-state index in [0.29, 0.717) is 0 Å². The van der Waals surface area contributed by atoms with Gasteiger partial charge in [0.15, 0.2) is 6.61 Å². The molecule has 1 heterocycles. The lowest BCUT2D eigenvalue weighted by Crippen LogP contribution is -2.12. The topological polar surface area (TPSA) is 73.7 Å². The van der Waals surface area contributed by atoms with E-state index >= 15 is 0 Å². The van der Waals surface area contributed by atoms with Crippen LogP contribution in [0.3, 0.4) is 0 Å². The number of nitriles is 1. The maximum atomic E-state index is 8.40. The minimum Gasteiger partial charge on any atom is -0.479 e. The summed E-state index contributed by atoms with van der Waals surface area (Å²) in [7, 11) is 0. The number of aromatic amines is 1. The van der Waals surface area contributed by atoms with Crippen LogP contribution in [0, 0.1) is 11.3 Å². The van der Waals surface area contributed by atoms with Crippen molar-refractivity contribution in [3.8, 4) is 11.8 Å². The van der Waals surface area contributed by atoms with Gasteiger partial charge in [-0.15, -0.1) is 0 Å². The number of benzene rings is 1. The molecule has 2 aromatic rings. The van der Waals surface area contributed by atoms with Crippen LogP contribution in [0.25, 0.3) is 0 Å². The van der Waals surface area contributed by atoms with E-state index in [2.05, 4.69) is 15.5 Å². The van der Waals surface area contributed by atoms with Crippen molar-refractivity contribution < 1.29 is 4.74 Å². The van der Waals surface area contributed by atoms with Crippen LogP contribution in [0.1, 0.15) is 11.1 Å². The lowest BCUT2D eigenvalue weighted by molar-refractivity contribution is 0.368. The number of nitrogens with one attached hydrogen (secondary N) is 2. The zero-order valence-corrected chi connectivity index (χ0v) is 9.89. The molecule has 0 unspecified atom stereocenters. The lowest BCUT2D eigenvalue weighted by Gasteiger charge is -2.05. The molecule has 1 aromatic carbocycles. The van der Waals surface area contributed by atoms with Crippen LogP contribution in [0.2, 0.25) is 0 Å². The highest BCUT2D eigenvalue weighted by Crippen LogP contribution is 2.11. The number of aromatic nitrogens is 2. The van der Waals surface area contributed by atoms with Crippen LogP contribution in [0.15, 0.2) is 36.7 Å². The molecule has 0 bridgehead atoms. The Labute approximate surface area is 105 Å². The molecule has 1 aromatic heterocycles. The third kappa shape index (κ3) is 3.61. The van der Waals surface area contributed by atoms with Gasteiger partial charge in [0, 0.05) is 24.8 Å². The summed E-state index contributed by atoms with van der Waals surface area (Å²) in [5, 5.41) is 18.4. The zero-order chi connectivity index (χ0) is 12.6. The first kappa shape index (κ1) is 12.1. The molecule has 18 heavy (non-hydrogen) atoms. The minimum atomic E-state index is 0.0814. The van der Waals surface area contributed by atoms with Crippen LogP contribution in [0.5, 0.6) is 5.75 Å². The predicted octanol–water partition coefficient (Wildman–Crippen LogP) is 1.60. The molecular formula is C13H14N4O. The van der Waals surface area contributed by atoms with Crippen molar-refractivity contribution in [3.05, 3.63) is 47.8 Å². The molecule has 0 aliphatic rings. The normalized spacial score (nSPS) is 9.94. The number of ether oxygens (including phenoxy) is 1. The Bertz CT molecular complexity index is 499. The van der Waals surface area contributed by atoms with Crippen molar-refractivity contribution in [2.75, 3.05) is 6.61 Å². The van der Waals surface area contributed by atoms with E-state index in [0.717, 1.165) is 24.4 Å². The number of hydrogen-bond acceptors (Lipinski definition) is 4. The van der Waals surface area contributed by atoms with Gasteiger partial charge in [-0.3, -0.25) is 5.10 Å². The van der Waals surface area contributed by atoms with Crippen molar-refractivity contribution in [3.63, 3.8) is 0 Å². The number of H-pyrrole nitrogens is 1. The van der Waals surface area contributed by atoms with Crippen LogP contribution in [-0.4, -0.2) is 16.8 Å². The maximum absolute atomic E-state index is 8.40. The fourth-order valence-corrected chi connectivity index (χ4v) is 1.54. The van der Waals surface area contributed by atoms with E-state index < -0.39 is 0 Å². The first-order valence-electron chi connectivity index (χ1n) is 5.65. The van der Waals surface area contributed by atoms with Crippen LogP contribution >= 0.6 is 0 Å². The molecule has 2 rings (SSSR count). The summed E-state index contributed by atoms with van der Waals surface area (Å²) in [4.78, 5) is 0. The SMILES string of the molecule is N#CCOc1ccc(CNCc2cn[nH]c2)cc1. The van der Waals surface area contributed by atoms with Gasteiger partial charge in [0.2, 0.25) is 0 Å². The van der Waals surface area contributed by atoms with Gasteiger partial charge in [-0.2, -0.15) is 10.4 Å². The summed E-state index contributed by atoms with van der Waals surface area (Å²) in [5.74, 6) is 0.718. The van der Waals surface area contributed by atoms with Crippen LogP contribution in [0.4, 0.5) is 0 Å². The molecule has 0 aliphatic carbocycles.